The second-order valence-corrected chi connectivity index (χ2v) is 5.76. The Bertz CT molecular complexity index is 104. The Morgan fingerprint density at radius 1 is 1.23 bits per heavy atom. The summed E-state index contributed by atoms with van der Waals surface area (Å²) in [4.78, 5) is 0. The first kappa shape index (κ1) is 13.7. The van der Waals surface area contributed by atoms with E-state index in [0.717, 1.165) is 16.3 Å². The average molecular weight is 220 g/mol. The van der Waals surface area contributed by atoms with Gasteiger partial charge in [0.15, 0.2) is 0 Å². The van der Waals surface area contributed by atoms with Crippen molar-refractivity contribution in [3.63, 3.8) is 0 Å². The van der Waals surface area contributed by atoms with Crippen molar-refractivity contribution in [1.29, 1.82) is 0 Å². The molecule has 0 fully saturated rings. The number of rotatable bonds is 8. The Balaban J connectivity index is 3.50. The summed E-state index contributed by atoms with van der Waals surface area (Å²) in [5.41, 5.74) is 0. The Morgan fingerprint density at radius 2 is 1.92 bits per heavy atom. The maximum atomic E-state index is 4.32. The Hall–Kier alpha value is 0.700. The number of unbranched alkanes of at least 4 members (excludes halogenated alkanes) is 2. The molecule has 0 aliphatic heterocycles. The van der Waals surface area contributed by atoms with Crippen LogP contribution in [0.1, 0.15) is 52.9 Å². The molecule has 0 saturated heterocycles. The van der Waals surface area contributed by atoms with Gasteiger partial charge in [-0.2, -0.15) is 24.4 Å². The highest BCUT2D eigenvalue weighted by atomic mass is 32.2. The Morgan fingerprint density at radius 3 is 2.38 bits per heavy atom. The quantitative estimate of drug-likeness (QED) is 0.467. The molecule has 0 aromatic rings. The molecule has 0 rings (SSSR count). The van der Waals surface area contributed by atoms with E-state index < -0.39 is 0 Å². The van der Waals surface area contributed by atoms with Gasteiger partial charge in [0.2, 0.25) is 0 Å². The summed E-state index contributed by atoms with van der Waals surface area (Å²) >= 11 is 6.44. The number of hydrogen-bond donors (Lipinski definition) is 1. The van der Waals surface area contributed by atoms with Crippen LogP contribution in [-0.2, 0) is 0 Å². The lowest BCUT2D eigenvalue weighted by molar-refractivity contribution is 0.634. The summed E-state index contributed by atoms with van der Waals surface area (Å²) in [5, 5.41) is 1.59. The molecule has 2 heteroatoms. The second-order valence-electron chi connectivity index (χ2n) is 3.66. The SMILES string of the molecule is CCCCCC(CC)SC(C)CS. The fraction of sp³-hybridized carbons (Fsp3) is 1.00. The van der Waals surface area contributed by atoms with Crippen molar-refractivity contribution in [3.05, 3.63) is 0 Å². The van der Waals surface area contributed by atoms with Gasteiger partial charge in [0, 0.05) is 16.3 Å². The zero-order valence-corrected chi connectivity index (χ0v) is 11.0. The van der Waals surface area contributed by atoms with Crippen LogP contribution >= 0.6 is 24.4 Å². The van der Waals surface area contributed by atoms with Crippen LogP contribution < -0.4 is 0 Å². The van der Waals surface area contributed by atoms with Crippen molar-refractivity contribution >= 4 is 24.4 Å². The van der Waals surface area contributed by atoms with Crippen LogP contribution in [0, 0.1) is 0 Å². The Kier molecular flexibility index (Phi) is 9.76. The summed E-state index contributed by atoms with van der Waals surface area (Å²) in [6.07, 6.45) is 6.84. The first-order valence-corrected chi connectivity index (χ1v) is 7.08. The summed E-state index contributed by atoms with van der Waals surface area (Å²) in [6.45, 7) is 6.85. The van der Waals surface area contributed by atoms with Crippen molar-refractivity contribution in [3.8, 4) is 0 Å². The lowest BCUT2D eigenvalue weighted by Gasteiger charge is -2.17. The van der Waals surface area contributed by atoms with Crippen LogP contribution in [0.4, 0.5) is 0 Å². The van der Waals surface area contributed by atoms with E-state index >= 15 is 0 Å². The molecule has 0 N–H and O–H groups in total. The third kappa shape index (κ3) is 7.75. The highest BCUT2D eigenvalue weighted by Crippen LogP contribution is 2.25. The van der Waals surface area contributed by atoms with Crippen molar-refractivity contribution in [2.75, 3.05) is 5.75 Å². The van der Waals surface area contributed by atoms with E-state index in [2.05, 4.69) is 45.2 Å². The minimum atomic E-state index is 0.718. The lowest BCUT2D eigenvalue weighted by atomic mass is 10.1. The highest BCUT2D eigenvalue weighted by molar-refractivity contribution is 8.01. The average Bonchev–Trinajstić information content (AvgIpc) is 2.16. The van der Waals surface area contributed by atoms with Crippen LogP contribution in [-0.4, -0.2) is 16.3 Å². The molecule has 0 bridgehead atoms. The van der Waals surface area contributed by atoms with Crippen LogP contribution in [0.25, 0.3) is 0 Å². The molecule has 0 aromatic carbocycles. The highest BCUT2D eigenvalue weighted by Gasteiger charge is 2.10. The molecule has 0 aliphatic rings. The number of hydrogen-bond acceptors (Lipinski definition) is 2. The predicted molar refractivity (Wildman–Crippen MR) is 69.1 cm³/mol. The van der Waals surface area contributed by atoms with Gasteiger partial charge in [0.25, 0.3) is 0 Å². The van der Waals surface area contributed by atoms with Gasteiger partial charge in [0.1, 0.15) is 0 Å². The summed E-state index contributed by atoms with van der Waals surface area (Å²) in [7, 11) is 0. The van der Waals surface area contributed by atoms with Gasteiger partial charge in [-0.25, -0.2) is 0 Å². The van der Waals surface area contributed by atoms with E-state index in [1.165, 1.54) is 32.1 Å². The second kappa shape index (κ2) is 9.26. The molecule has 0 aromatic heterocycles. The maximum Gasteiger partial charge on any atom is 0.0110 e. The van der Waals surface area contributed by atoms with E-state index in [1.54, 1.807) is 0 Å². The van der Waals surface area contributed by atoms with Gasteiger partial charge in [-0.3, -0.25) is 0 Å². The molecule has 0 nitrogen and oxygen atoms in total. The standard InChI is InChI=1S/C11H24S2/c1-4-6-7-8-11(5-2)13-10(3)9-12/h10-12H,4-9H2,1-3H3. The molecule has 0 radical (unpaired) electrons. The summed E-state index contributed by atoms with van der Waals surface area (Å²) in [5.74, 6) is 1.01. The molecule has 0 spiro atoms. The molecule has 0 aliphatic carbocycles. The first-order chi connectivity index (χ1) is 6.24. The molecular weight excluding hydrogens is 196 g/mol. The zero-order chi connectivity index (χ0) is 10.1. The van der Waals surface area contributed by atoms with Crippen LogP contribution in [0.2, 0.25) is 0 Å². The van der Waals surface area contributed by atoms with Gasteiger partial charge >= 0.3 is 0 Å². The van der Waals surface area contributed by atoms with E-state index in [0.29, 0.717) is 0 Å². The van der Waals surface area contributed by atoms with Gasteiger partial charge in [0.05, 0.1) is 0 Å². The topological polar surface area (TPSA) is 0 Å². The minimum Gasteiger partial charge on any atom is -0.178 e. The van der Waals surface area contributed by atoms with Gasteiger partial charge in [-0.1, -0.05) is 40.0 Å². The largest absolute Gasteiger partial charge is 0.178 e. The monoisotopic (exact) mass is 220 g/mol. The van der Waals surface area contributed by atoms with Crippen LogP contribution in [0.3, 0.4) is 0 Å². The van der Waals surface area contributed by atoms with Crippen molar-refractivity contribution in [1.82, 2.24) is 0 Å². The van der Waals surface area contributed by atoms with E-state index in [4.69, 9.17) is 0 Å². The zero-order valence-electron chi connectivity index (χ0n) is 9.25. The van der Waals surface area contributed by atoms with Gasteiger partial charge in [-0.15, -0.1) is 0 Å². The van der Waals surface area contributed by atoms with Crippen molar-refractivity contribution in [2.24, 2.45) is 0 Å². The fourth-order valence-electron chi connectivity index (χ4n) is 1.36. The fourth-order valence-corrected chi connectivity index (χ4v) is 2.86. The van der Waals surface area contributed by atoms with Crippen molar-refractivity contribution < 1.29 is 0 Å². The normalized spacial score (nSPS) is 15.7. The molecule has 2 atom stereocenters. The van der Waals surface area contributed by atoms with E-state index in [9.17, 15) is 0 Å². The summed E-state index contributed by atoms with van der Waals surface area (Å²) in [6, 6.07) is 0. The molecule has 13 heavy (non-hydrogen) atoms. The first-order valence-electron chi connectivity index (χ1n) is 5.50. The summed E-state index contributed by atoms with van der Waals surface area (Å²) < 4.78 is 0. The van der Waals surface area contributed by atoms with Crippen LogP contribution in [0.15, 0.2) is 0 Å². The third-order valence-electron chi connectivity index (χ3n) is 2.27. The van der Waals surface area contributed by atoms with Crippen molar-refractivity contribution in [2.45, 2.75) is 63.4 Å². The molecule has 0 saturated carbocycles. The molecule has 0 amide bonds. The molecule has 2 unspecified atom stereocenters. The predicted octanol–water partition coefficient (Wildman–Crippen LogP) is 4.40. The van der Waals surface area contributed by atoms with Gasteiger partial charge < -0.3 is 0 Å². The maximum absolute atomic E-state index is 4.32. The minimum absolute atomic E-state index is 0.718. The Labute approximate surface area is 93.7 Å². The lowest BCUT2D eigenvalue weighted by Crippen LogP contribution is -2.08. The molecule has 80 valence electrons. The third-order valence-corrected chi connectivity index (χ3v) is 4.65. The number of thioether (sulfide) groups is 1. The number of thiol groups is 1. The van der Waals surface area contributed by atoms with E-state index in [-0.39, 0.29) is 0 Å². The van der Waals surface area contributed by atoms with Gasteiger partial charge in [-0.05, 0) is 12.8 Å². The smallest absolute Gasteiger partial charge is 0.0110 e. The molecular formula is C11H24S2. The van der Waals surface area contributed by atoms with E-state index in [1.807, 2.05) is 0 Å². The van der Waals surface area contributed by atoms with Crippen LogP contribution in [0.5, 0.6) is 0 Å². The molecule has 0 heterocycles.